The molecule has 2 rings (SSSR count). The van der Waals surface area contributed by atoms with E-state index in [1.165, 1.54) is 0 Å². The van der Waals surface area contributed by atoms with Gasteiger partial charge in [-0.2, -0.15) is 5.10 Å². The average molecular weight is 191 g/mol. The zero-order valence-corrected chi connectivity index (χ0v) is 8.01. The van der Waals surface area contributed by atoms with Crippen molar-refractivity contribution in [2.45, 2.75) is 6.92 Å². The van der Waals surface area contributed by atoms with E-state index in [0.29, 0.717) is 4.99 Å². The Morgan fingerprint density at radius 3 is 3.08 bits per heavy atom. The SMILES string of the molecule is Cc1cccn2ncc(C(N)=S)c12. The molecule has 2 aromatic heterocycles. The van der Waals surface area contributed by atoms with Crippen LogP contribution in [0.15, 0.2) is 24.5 Å². The second-order valence-corrected chi connectivity index (χ2v) is 3.35. The van der Waals surface area contributed by atoms with E-state index >= 15 is 0 Å². The van der Waals surface area contributed by atoms with E-state index in [2.05, 4.69) is 5.10 Å². The predicted molar refractivity (Wildman–Crippen MR) is 55.8 cm³/mol. The molecule has 0 aliphatic carbocycles. The Labute approximate surface area is 81.2 Å². The molecule has 4 heteroatoms. The van der Waals surface area contributed by atoms with Gasteiger partial charge >= 0.3 is 0 Å². The fourth-order valence-corrected chi connectivity index (χ4v) is 1.55. The molecular weight excluding hydrogens is 182 g/mol. The standard InChI is InChI=1S/C9H9N3S/c1-6-3-2-4-12-8(6)7(5-11-12)9(10)13/h2-5H,1H3,(H2,10,13). The number of hydrogen-bond donors (Lipinski definition) is 1. The van der Waals surface area contributed by atoms with Gasteiger partial charge < -0.3 is 5.73 Å². The summed E-state index contributed by atoms with van der Waals surface area (Å²) < 4.78 is 1.78. The van der Waals surface area contributed by atoms with Crippen molar-refractivity contribution in [1.82, 2.24) is 9.61 Å². The number of hydrogen-bond acceptors (Lipinski definition) is 2. The molecule has 0 fully saturated rings. The predicted octanol–water partition coefficient (Wildman–Crippen LogP) is 1.28. The molecule has 0 unspecified atom stereocenters. The van der Waals surface area contributed by atoms with Crippen LogP contribution in [0.3, 0.4) is 0 Å². The third kappa shape index (κ3) is 1.19. The van der Waals surface area contributed by atoms with Gasteiger partial charge in [0.2, 0.25) is 0 Å². The van der Waals surface area contributed by atoms with Crippen molar-refractivity contribution >= 4 is 22.7 Å². The van der Waals surface area contributed by atoms with Gasteiger partial charge in [0.25, 0.3) is 0 Å². The molecule has 3 nitrogen and oxygen atoms in total. The molecule has 2 N–H and O–H groups in total. The lowest BCUT2D eigenvalue weighted by Crippen LogP contribution is -2.09. The number of fused-ring (bicyclic) bond motifs is 1. The number of aromatic nitrogens is 2. The van der Waals surface area contributed by atoms with Crippen molar-refractivity contribution in [3.8, 4) is 0 Å². The van der Waals surface area contributed by atoms with Gasteiger partial charge in [0, 0.05) is 6.20 Å². The van der Waals surface area contributed by atoms with Gasteiger partial charge in [-0.05, 0) is 18.6 Å². The minimum Gasteiger partial charge on any atom is -0.389 e. The molecule has 0 aliphatic heterocycles. The van der Waals surface area contributed by atoms with Crippen LogP contribution in [0.25, 0.3) is 5.52 Å². The minimum absolute atomic E-state index is 0.393. The number of rotatable bonds is 1. The van der Waals surface area contributed by atoms with Gasteiger partial charge in [0.05, 0.1) is 17.3 Å². The molecule has 2 heterocycles. The van der Waals surface area contributed by atoms with E-state index in [4.69, 9.17) is 18.0 Å². The lowest BCUT2D eigenvalue weighted by atomic mass is 10.2. The molecular formula is C9H9N3S. The third-order valence-corrected chi connectivity index (χ3v) is 2.23. The molecule has 0 atom stereocenters. The maximum absolute atomic E-state index is 5.57. The fourth-order valence-electron chi connectivity index (χ4n) is 1.40. The highest BCUT2D eigenvalue weighted by atomic mass is 32.1. The number of thiocarbonyl (C=S) groups is 1. The van der Waals surface area contributed by atoms with Gasteiger partial charge in [-0.25, -0.2) is 4.52 Å². The normalized spacial score (nSPS) is 10.5. The van der Waals surface area contributed by atoms with Gasteiger partial charge in [0.15, 0.2) is 0 Å². The topological polar surface area (TPSA) is 43.3 Å². The molecule has 2 aromatic rings. The van der Waals surface area contributed by atoms with E-state index in [0.717, 1.165) is 16.6 Å². The van der Waals surface area contributed by atoms with Gasteiger partial charge in [0.1, 0.15) is 4.99 Å². The van der Waals surface area contributed by atoms with Crippen molar-refractivity contribution in [1.29, 1.82) is 0 Å². The molecule has 0 saturated carbocycles. The minimum atomic E-state index is 0.393. The van der Waals surface area contributed by atoms with Crippen molar-refractivity contribution < 1.29 is 0 Å². The molecule has 13 heavy (non-hydrogen) atoms. The zero-order valence-electron chi connectivity index (χ0n) is 7.19. The first-order valence-electron chi connectivity index (χ1n) is 3.93. The summed E-state index contributed by atoms with van der Waals surface area (Å²) in [7, 11) is 0. The van der Waals surface area contributed by atoms with E-state index < -0.39 is 0 Å². The van der Waals surface area contributed by atoms with Crippen molar-refractivity contribution in [3.63, 3.8) is 0 Å². The Bertz CT molecular complexity index is 473. The maximum Gasteiger partial charge on any atom is 0.107 e. The summed E-state index contributed by atoms with van der Waals surface area (Å²) in [5.74, 6) is 0. The Hall–Kier alpha value is -1.42. The van der Waals surface area contributed by atoms with Crippen LogP contribution >= 0.6 is 12.2 Å². The van der Waals surface area contributed by atoms with E-state index in [9.17, 15) is 0 Å². The molecule has 66 valence electrons. The first-order valence-corrected chi connectivity index (χ1v) is 4.34. The van der Waals surface area contributed by atoms with Crippen molar-refractivity contribution in [2.24, 2.45) is 5.73 Å². The molecule has 0 amide bonds. The Morgan fingerprint density at radius 1 is 1.62 bits per heavy atom. The second kappa shape index (κ2) is 2.81. The lowest BCUT2D eigenvalue weighted by molar-refractivity contribution is 0.956. The monoisotopic (exact) mass is 191 g/mol. The summed E-state index contributed by atoms with van der Waals surface area (Å²) in [6.45, 7) is 2.01. The van der Waals surface area contributed by atoms with Gasteiger partial charge in [-0.3, -0.25) is 0 Å². The van der Waals surface area contributed by atoms with Crippen molar-refractivity contribution in [2.75, 3.05) is 0 Å². The number of pyridine rings is 1. The summed E-state index contributed by atoms with van der Waals surface area (Å²) in [6, 6.07) is 3.96. The number of nitrogens with two attached hydrogens (primary N) is 1. The summed E-state index contributed by atoms with van der Waals surface area (Å²) in [5.41, 5.74) is 8.54. The largest absolute Gasteiger partial charge is 0.389 e. The van der Waals surface area contributed by atoms with Crippen LogP contribution in [0.4, 0.5) is 0 Å². The Kier molecular flexibility index (Phi) is 1.77. The van der Waals surface area contributed by atoms with Crippen LogP contribution in [-0.4, -0.2) is 14.6 Å². The highest BCUT2D eigenvalue weighted by Crippen LogP contribution is 2.14. The summed E-state index contributed by atoms with van der Waals surface area (Å²) in [6.07, 6.45) is 3.58. The second-order valence-electron chi connectivity index (χ2n) is 2.91. The first-order chi connectivity index (χ1) is 6.20. The summed E-state index contributed by atoms with van der Waals surface area (Å²) >= 11 is 4.93. The van der Waals surface area contributed by atoms with Crippen LogP contribution in [0.2, 0.25) is 0 Å². The molecule has 0 saturated heterocycles. The Morgan fingerprint density at radius 2 is 2.38 bits per heavy atom. The quantitative estimate of drug-likeness (QED) is 0.690. The number of nitrogens with zero attached hydrogens (tertiary/aromatic N) is 2. The third-order valence-electron chi connectivity index (χ3n) is 2.01. The molecule has 0 radical (unpaired) electrons. The van der Waals surface area contributed by atoms with Crippen LogP contribution in [0.5, 0.6) is 0 Å². The average Bonchev–Trinajstić information content (AvgIpc) is 2.49. The van der Waals surface area contributed by atoms with Crippen LogP contribution < -0.4 is 5.73 Å². The van der Waals surface area contributed by atoms with Gasteiger partial charge in [-0.15, -0.1) is 0 Å². The summed E-state index contributed by atoms with van der Waals surface area (Å²) in [4.78, 5) is 0.393. The van der Waals surface area contributed by atoms with E-state index in [1.807, 2.05) is 25.3 Å². The highest BCUT2D eigenvalue weighted by Gasteiger charge is 2.07. The first kappa shape index (κ1) is 8.19. The van der Waals surface area contributed by atoms with Crippen LogP contribution in [-0.2, 0) is 0 Å². The molecule has 0 bridgehead atoms. The zero-order chi connectivity index (χ0) is 9.42. The summed E-state index contributed by atoms with van der Waals surface area (Å²) in [5, 5.41) is 4.15. The maximum atomic E-state index is 5.57. The van der Waals surface area contributed by atoms with Crippen LogP contribution in [0, 0.1) is 6.92 Å². The molecule has 0 spiro atoms. The molecule has 0 aliphatic rings. The number of aryl methyl sites for hydroxylation is 1. The van der Waals surface area contributed by atoms with E-state index in [-0.39, 0.29) is 0 Å². The smallest absolute Gasteiger partial charge is 0.107 e. The van der Waals surface area contributed by atoms with Crippen molar-refractivity contribution in [3.05, 3.63) is 35.7 Å². The van der Waals surface area contributed by atoms with Gasteiger partial charge in [-0.1, -0.05) is 18.3 Å². The lowest BCUT2D eigenvalue weighted by Gasteiger charge is -1.99. The fraction of sp³-hybridized carbons (Fsp3) is 0.111. The Balaban J connectivity index is 2.86. The van der Waals surface area contributed by atoms with Crippen LogP contribution in [0.1, 0.15) is 11.1 Å². The van der Waals surface area contributed by atoms with E-state index in [1.54, 1.807) is 10.7 Å². The molecule has 0 aromatic carbocycles. The highest BCUT2D eigenvalue weighted by molar-refractivity contribution is 7.80.